The highest BCUT2D eigenvalue weighted by Crippen LogP contribution is 2.19. The Kier molecular flexibility index (Phi) is 7.01. The van der Waals surface area contributed by atoms with Crippen LogP contribution in [0.25, 0.3) is 6.08 Å². The van der Waals surface area contributed by atoms with Crippen LogP contribution in [0, 0.1) is 0 Å². The van der Waals surface area contributed by atoms with Crippen LogP contribution < -0.4 is 15.4 Å². The molecule has 2 N–H and O–H groups in total. The number of likely N-dealkylation sites (N-methyl/N-ethyl adjacent to an activating group) is 1. The molecule has 2 atom stereocenters. The molecule has 0 radical (unpaired) electrons. The van der Waals surface area contributed by atoms with Crippen molar-refractivity contribution >= 4 is 17.9 Å². The topological polar surface area (TPSA) is 70.7 Å². The van der Waals surface area contributed by atoms with Crippen molar-refractivity contribution in [3.05, 3.63) is 35.9 Å². The predicted molar refractivity (Wildman–Crippen MR) is 98.3 cm³/mol. The molecule has 0 saturated carbocycles. The summed E-state index contributed by atoms with van der Waals surface area (Å²) in [5.41, 5.74) is 1.08. The molecule has 0 spiro atoms. The number of rotatable bonds is 7. The van der Waals surface area contributed by atoms with Gasteiger partial charge in [-0.2, -0.15) is 0 Å². The lowest BCUT2D eigenvalue weighted by Gasteiger charge is -2.21. The Morgan fingerprint density at radius 1 is 1.32 bits per heavy atom. The zero-order valence-electron chi connectivity index (χ0n) is 15.1. The van der Waals surface area contributed by atoms with Crippen molar-refractivity contribution in [3.63, 3.8) is 0 Å². The fraction of sp³-hybridized carbons (Fsp3) is 0.474. The third-order valence-electron chi connectivity index (χ3n) is 4.23. The van der Waals surface area contributed by atoms with Crippen LogP contribution in [0.1, 0.15) is 25.8 Å². The average Bonchev–Trinajstić information content (AvgIpc) is 2.97. The molecular formula is C19H27N3O3. The molecule has 1 aliphatic heterocycles. The van der Waals surface area contributed by atoms with E-state index < -0.39 is 0 Å². The molecule has 1 saturated heterocycles. The fourth-order valence-corrected chi connectivity index (χ4v) is 3.10. The van der Waals surface area contributed by atoms with E-state index in [9.17, 15) is 9.59 Å². The molecule has 1 aliphatic rings. The summed E-state index contributed by atoms with van der Waals surface area (Å²) in [6.07, 6.45) is 4.71. The summed E-state index contributed by atoms with van der Waals surface area (Å²) in [5, 5.41) is 5.80. The van der Waals surface area contributed by atoms with Crippen molar-refractivity contribution in [1.82, 2.24) is 15.5 Å². The minimum absolute atomic E-state index is 0.0134. The number of hydrogen-bond acceptors (Lipinski definition) is 4. The zero-order chi connectivity index (χ0) is 18.2. The van der Waals surface area contributed by atoms with Gasteiger partial charge in [0, 0.05) is 32.6 Å². The highest BCUT2D eigenvalue weighted by atomic mass is 16.5. The van der Waals surface area contributed by atoms with Crippen LogP contribution in [-0.4, -0.2) is 55.5 Å². The smallest absolute Gasteiger partial charge is 0.237 e. The van der Waals surface area contributed by atoms with E-state index >= 15 is 0 Å². The maximum atomic E-state index is 12.3. The van der Waals surface area contributed by atoms with Crippen LogP contribution in [0.15, 0.2) is 30.3 Å². The number of benzene rings is 1. The van der Waals surface area contributed by atoms with Gasteiger partial charge in [0.15, 0.2) is 0 Å². The lowest BCUT2D eigenvalue weighted by Crippen LogP contribution is -2.43. The minimum atomic E-state index is -0.211. The molecule has 1 heterocycles. The summed E-state index contributed by atoms with van der Waals surface area (Å²) in [6.45, 7) is 5.35. The second-order valence-corrected chi connectivity index (χ2v) is 6.17. The van der Waals surface area contributed by atoms with Gasteiger partial charge in [0.05, 0.1) is 13.2 Å². The third kappa shape index (κ3) is 5.60. The summed E-state index contributed by atoms with van der Waals surface area (Å²) in [7, 11) is 1.64. The number of ether oxygens (including phenoxy) is 1. The molecule has 136 valence electrons. The van der Waals surface area contributed by atoms with Crippen LogP contribution in [0.3, 0.4) is 0 Å². The Labute approximate surface area is 149 Å². The van der Waals surface area contributed by atoms with E-state index in [1.165, 1.54) is 6.92 Å². The first-order valence-corrected chi connectivity index (χ1v) is 8.63. The highest BCUT2D eigenvalue weighted by Gasteiger charge is 2.36. The Morgan fingerprint density at radius 2 is 2.04 bits per heavy atom. The van der Waals surface area contributed by atoms with E-state index in [4.69, 9.17) is 4.74 Å². The van der Waals surface area contributed by atoms with Crippen molar-refractivity contribution in [2.75, 3.05) is 26.7 Å². The van der Waals surface area contributed by atoms with Gasteiger partial charge in [-0.1, -0.05) is 24.3 Å². The second kappa shape index (κ2) is 9.22. The van der Waals surface area contributed by atoms with Crippen LogP contribution in [0.2, 0.25) is 0 Å². The quantitative estimate of drug-likeness (QED) is 0.784. The average molecular weight is 345 g/mol. The van der Waals surface area contributed by atoms with Crippen molar-refractivity contribution in [2.45, 2.75) is 32.4 Å². The number of carbonyl (C=O) groups excluding carboxylic acids is 2. The zero-order valence-corrected chi connectivity index (χ0v) is 15.1. The molecule has 25 heavy (non-hydrogen) atoms. The molecule has 0 aromatic heterocycles. The summed E-state index contributed by atoms with van der Waals surface area (Å²) in [6, 6.07) is 7.61. The normalized spacial score (nSPS) is 20.6. The van der Waals surface area contributed by atoms with Gasteiger partial charge in [0.25, 0.3) is 0 Å². The van der Waals surface area contributed by atoms with Crippen LogP contribution >= 0.6 is 0 Å². The number of nitrogens with one attached hydrogen (secondary N) is 2. The first kappa shape index (κ1) is 19.0. The Hall–Kier alpha value is -2.34. The minimum Gasteiger partial charge on any atom is -0.497 e. The van der Waals surface area contributed by atoms with Gasteiger partial charge in [0.2, 0.25) is 11.8 Å². The summed E-state index contributed by atoms with van der Waals surface area (Å²) < 4.78 is 5.15. The fourth-order valence-electron chi connectivity index (χ4n) is 3.10. The number of amides is 2. The molecule has 2 rings (SSSR count). The van der Waals surface area contributed by atoms with Crippen LogP contribution in [0.5, 0.6) is 5.75 Å². The number of nitrogens with zero attached hydrogens (tertiary/aromatic N) is 1. The van der Waals surface area contributed by atoms with Gasteiger partial charge in [0.1, 0.15) is 5.75 Å². The maximum absolute atomic E-state index is 12.3. The molecule has 2 amide bonds. The summed E-state index contributed by atoms with van der Waals surface area (Å²) in [4.78, 5) is 25.7. The molecule has 1 aromatic carbocycles. The first-order chi connectivity index (χ1) is 12.0. The van der Waals surface area contributed by atoms with Gasteiger partial charge in [-0.3, -0.25) is 14.5 Å². The van der Waals surface area contributed by atoms with Crippen LogP contribution in [0.4, 0.5) is 0 Å². The van der Waals surface area contributed by atoms with E-state index in [0.717, 1.165) is 11.3 Å². The van der Waals surface area contributed by atoms with Gasteiger partial charge >= 0.3 is 0 Å². The number of likely N-dealkylation sites (tertiary alicyclic amines) is 1. The lowest BCUT2D eigenvalue weighted by atomic mass is 10.1. The SMILES string of the molecule is CCNC(=O)[C@@H]1C[C@H](NC(C)=O)CN1C/C=C/c1ccc(OC)cc1. The van der Waals surface area contributed by atoms with Gasteiger partial charge in [-0.15, -0.1) is 0 Å². The molecule has 1 aromatic rings. The molecular weight excluding hydrogens is 318 g/mol. The van der Waals surface area contributed by atoms with Gasteiger partial charge < -0.3 is 15.4 Å². The molecule has 6 nitrogen and oxygen atoms in total. The molecule has 6 heteroatoms. The van der Waals surface area contributed by atoms with E-state index in [1.807, 2.05) is 43.3 Å². The van der Waals surface area contributed by atoms with Crippen molar-refractivity contribution < 1.29 is 14.3 Å². The van der Waals surface area contributed by atoms with Gasteiger partial charge in [-0.05, 0) is 31.0 Å². The van der Waals surface area contributed by atoms with E-state index in [2.05, 4.69) is 15.5 Å². The predicted octanol–water partition coefficient (Wildman–Crippen LogP) is 1.42. The van der Waals surface area contributed by atoms with E-state index in [-0.39, 0.29) is 23.9 Å². The lowest BCUT2D eigenvalue weighted by molar-refractivity contribution is -0.125. The van der Waals surface area contributed by atoms with Crippen molar-refractivity contribution in [2.24, 2.45) is 0 Å². The third-order valence-corrected chi connectivity index (χ3v) is 4.23. The maximum Gasteiger partial charge on any atom is 0.237 e. The largest absolute Gasteiger partial charge is 0.497 e. The van der Waals surface area contributed by atoms with Gasteiger partial charge in [-0.25, -0.2) is 0 Å². The number of hydrogen-bond donors (Lipinski definition) is 2. The molecule has 0 unspecified atom stereocenters. The monoisotopic (exact) mass is 345 g/mol. The van der Waals surface area contributed by atoms with E-state index in [0.29, 0.717) is 26.1 Å². The Morgan fingerprint density at radius 3 is 2.64 bits per heavy atom. The second-order valence-electron chi connectivity index (χ2n) is 6.17. The highest BCUT2D eigenvalue weighted by molar-refractivity contribution is 5.82. The molecule has 0 bridgehead atoms. The Bertz CT molecular complexity index is 613. The standard InChI is InChI=1S/C19H27N3O3/c1-4-20-19(24)18-12-16(21-14(2)23)13-22(18)11-5-6-15-7-9-17(25-3)10-8-15/h5-10,16,18H,4,11-13H2,1-3H3,(H,20,24)(H,21,23)/b6-5+/t16-,18-/m0/s1. The summed E-state index contributed by atoms with van der Waals surface area (Å²) >= 11 is 0. The van der Waals surface area contributed by atoms with Crippen molar-refractivity contribution in [3.8, 4) is 5.75 Å². The Balaban J connectivity index is 1.98. The van der Waals surface area contributed by atoms with Crippen molar-refractivity contribution in [1.29, 1.82) is 0 Å². The van der Waals surface area contributed by atoms with E-state index in [1.54, 1.807) is 7.11 Å². The number of methoxy groups -OCH3 is 1. The van der Waals surface area contributed by atoms with Crippen LogP contribution in [-0.2, 0) is 9.59 Å². The molecule has 1 fully saturated rings. The number of carbonyl (C=O) groups is 2. The summed E-state index contributed by atoms with van der Waals surface area (Å²) in [5.74, 6) is 0.787. The molecule has 0 aliphatic carbocycles. The first-order valence-electron chi connectivity index (χ1n) is 8.63.